The lowest BCUT2D eigenvalue weighted by Gasteiger charge is -2.34. The fourth-order valence-electron chi connectivity index (χ4n) is 2.32. The van der Waals surface area contributed by atoms with Crippen molar-refractivity contribution in [2.45, 2.75) is 37.6 Å². The van der Waals surface area contributed by atoms with Crippen molar-refractivity contribution < 1.29 is 18.3 Å². The van der Waals surface area contributed by atoms with Gasteiger partial charge in [0.2, 0.25) is 10.0 Å². The van der Waals surface area contributed by atoms with Crippen molar-refractivity contribution in [2.24, 2.45) is 0 Å². The van der Waals surface area contributed by atoms with Crippen LogP contribution in [0.3, 0.4) is 0 Å². The van der Waals surface area contributed by atoms with Gasteiger partial charge in [0.15, 0.2) is 0 Å². The van der Waals surface area contributed by atoms with Gasteiger partial charge in [-0.15, -0.1) is 0 Å². The van der Waals surface area contributed by atoms with E-state index in [1.165, 1.54) is 10.4 Å². The van der Waals surface area contributed by atoms with Crippen LogP contribution in [0.1, 0.15) is 19.4 Å². The molecule has 0 radical (unpaired) electrons. The van der Waals surface area contributed by atoms with Gasteiger partial charge in [-0.3, -0.25) is 0 Å². The van der Waals surface area contributed by atoms with Gasteiger partial charge in [0, 0.05) is 17.6 Å². The molecule has 2 rings (SSSR count). The number of halogens is 1. The lowest BCUT2D eigenvalue weighted by Crippen LogP contribution is -2.48. The maximum absolute atomic E-state index is 12.7. The van der Waals surface area contributed by atoms with Gasteiger partial charge in [0.1, 0.15) is 0 Å². The van der Waals surface area contributed by atoms with Gasteiger partial charge in [0.25, 0.3) is 0 Å². The number of aliphatic hydroxyl groups is 1. The summed E-state index contributed by atoms with van der Waals surface area (Å²) in [7, 11) is -3.56. The van der Waals surface area contributed by atoms with Crippen LogP contribution < -0.4 is 0 Å². The average Bonchev–Trinajstić information content (AvgIpc) is 2.37. The Morgan fingerprint density at radius 1 is 1.35 bits per heavy atom. The molecule has 7 heteroatoms. The molecule has 1 aliphatic rings. The minimum absolute atomic E-state index is 0.120. The van der Waals surface area contributed by atoms with Crippen molar-refractivity contribution in [3.8, 4) is 0 Å². The van der Waals surface area contributed by atoms with Gasteiger partial charge in [0.05, 0.1) is 23.7 Å². The predicted octanol–water partition coefficient (Wildman–Crippen LogP) is 1.74. The molecule has 112 valence electrons. The molecule has 2 unspecified atom stereocenters. The van der Waals surface area contributed by atoms with Gasteiger partial charge >= 0.3 is 0 Å². The number of nitrogens with zero attached hydrogens (tertiary/aromatic N) is 1. The maximum atomic E-state index is 12.7. The number of hydrogen-bond donors (Lipinski definition) is 1. The minimum Gasteiger partial charge on any atom is -0.392 e. The molecule has 2 atom stereocenters. The number of benzene rings is 1. The first-order chi connectivity index (χ1) is 9.34. The largest absolute Gasteiger partial charge is 0.392 e. The zero-order valence-electron chi connectivity index (χ0n) is 11.4. The zero-order valence-corrected chi connectivity index (χ0v) is 13.8. The number of aliphatic hydroxyl groups excluding tert-OH is 1. The molecule has 0 amide bonds. The van der Waals surface area contributed by atoms with Crippen molar-refractivity contribution >= 4 is 26.0 Å². The molecule has 20 heavy (non-hydrogen) atoms. The Balaban J connectivity index is 2.35. The van der Waals surface area contributed by atoms with E-state index in [2.05, 4.69) is 15.9 Å². The summed E-state index contributed by atoms with van der Waals surface area (Å²) >= 11 is 3.27. The second kappa shape index (κ2) is 6.11. The van der Waals surface area contributed by atoms with E-state index in [1.54, 1.807) is 12.1 Å². The molecular formula is C13H18BrNO4S. The average molecular weight is 364 g/mol. The van der Waals surface area contributed by atoms with E-state index in [-0.39, 0.29) is 23.7 Å². The van der Waals surface area contributed by atoms with E-state index in [0.717, 1.165) is 0 Å². The van der Waals surface area contributed by atoms with Gasteiger partial charge in [-0.05, 0) is 47.5 Å². The van der Waals surface area contributed by atoms with Crippen LogP contribution in [0, 0.1) is 0 Å². The van der Waals surface area contributed by atoms with Crippen LogP contribution in [0.5, 0.6) is 0 Å². The third kappa shape index (κ3) is 3.23. The molecule has 1 aromatic rings. The van der Waals surface area contributed by atoms with E-state index < -0.39 is 10.0 Å². The van der Waals surface area contributed by atoms with Gasteiger partial charge in [-0.2, -0.15) is 4.31 Å². The first kappa shape index (κ1) is 15.9. The van der Waals surface area contributed by atoms with Crippen LogP contribution in [0.25, 0.3) is 0 Å². The summed E-state index contributed by atoms with van der Waals surface area (Å²) < 4.78 is 32.8. The topological polar surface area (TPSA) is 66.8 Å². The SMILES string of the molecule is CC1CN(S(=O)(=O)c2ccc(CO)cc2Br)CC(C)O1. The van der Waals surface area contributed by atoms with E-state index in [0.29, 0.717) is 23.1 Å². The summed E-state index contributed by atoms with van der Waals surface area (Å²) in [5, 5.41) is 9.08. The van der Waals surface area contributed by atoms with Crippen molar-refractivity contribution in [3.63, 3.8) is 0 Å². The molecule has 5 nitrogen and oxygen atoms in total. The molecule has 0 bridgehead atoms. The Hall–Kier alpha value is -0.470. The summed E-state index contributed by atoms with van der Waals surface area (Å²) in [6.07, 6.45) is -0.243. The smallest absolute Gasteiger partial charge is 0.244 e. The van der Waals surface area contributed by atoms with Gasteiger partial charge in [-0.25, -0.2) is 8.42 Å². The molecule has 0 spiro atoms. The van der Waals surface area contributed by atoms with Crippen molar-refractivity contribution in [1.29, 1.82) is 0 Å². The number of morpholine rings is 1. The Morgan fingerprint density at radius 2 is 1.95 bits per heavy atom. The quantitative estimate of drug-likeness (QED) is 0.887. The summed E-state index contributed by atoms with van der Waals surface area (Å²) in [6, 6.07) is 4.76. The Labute approximate surface area is 127 Å². The Bertz CT molecular complexity index is 580. The van der Waals surface area contributed by atoms with Crippen LogP contribution in [0.4, 0.5) is 0 Å². The fourth-order valence-corrected chi connectivity index (χ4v) is 4.99. The van der Waals surface area contributed by atoms with Crippen LogP contribution >= 0.6 is 15.9 Å². The van der Waals surface area contributed by atoms with E-state index in [4.69, 9.17) is 9.84 Å². The molecule has 1 N–H and O–H groups in total. The van der Waals surface area contributed by atoms with E-state index in [1.807, 2.05) is 13.8 Å². The first-order valence-corrected chi connectivity index (χ1v) is 8.62. The second-order valence-electron chi connectivity index (χ2n) is 5.00. The standard InChI is InChI=1S/C13H18BrNO4S/c1-9-6-15(7-10(2)19-9)20(17,18)13-4-3-11(8-16)5-12(13)14/h3-5,9-10,16H,6-8H2,1-2H3. The highest BCUT2D eigenvalue weighted by Crippen LogP contribution is 2.28. The Morgan fingerprint density at radius 3 is 2.45 bits per heavy atom. The number of hydrogen-bond acceptors (Lipinski definition) is 4. The van der Waals surface area contributed by atoms with Crippen molar-refractivity contribution in [3.05, 3.63) is 28.2 Å². The normalized spacial score (nSPS) is 24.8. The van der Waals surface area contributed by atoms with Gasteiger partial charge < -0.3 is 9.84 Å². The molecule has 1 aromatic carbocycles. The number of rotatable bonds is 3. The summed E-state index contributed by atoms with van der Waals surface area (Å²) in [5.41, 5.74) is 0.666. The first-order valence-electron chi connectivity index (χ1n) is 6.39. The predicted molar refractivity (Wildman–Crippen MR) is 78.8 cm³/mol. The molecule has 1 heterocycles. The van der Waals surface area contributed by atoms with E-state index in [9.17, 15) is 8.42 Å². The molecule has 1 aliphatic heterocycles. The summed E-state index contributed by atoms with van der Waals surface area (Å²) in [5.74, 6) is 0. The molecule has 0 saturated carbocycles. The monoisotopic (exact) mass is 363 g/mol. The number of ether oxygens (including phenoxy) is 1. The molecule has 0 aromatic heterocycles. The second-order valence-corrected chi connectivity index (χ2v) is 7.76. The minimum atomic E-state index is -3.56. The molecule has 0 aliphatic carbocycles. The number of sulfonamides is 1. The van der Waals surface area contributed by atoms with Crippen LogP contribution in [0.2, 0.25) is 0 Å². The Kier molecular flexibility index (Phi) is 4.86. The summed E-state index contributed by atoms with van der Waals surface area (Å²) in [4.78, 5) is 0.219. The fraction of sp³-hybridized carbons (Fsp3) is 0.538. The highest BCUT2D eigenvalue weighted by Gasteiger charge is 2.33. The third-order valence-electron chi connectivity index (χ3n) is 3.18. The molecular weight excluding hydrogens is 346 g/mol. The maximum Gasteiger partial charge on any atom is 0.244 e. The summed E-state index contributed by atoms with van der Waals surface area (Å²) in [6.45, 7) is 4.30. The lowest BCUT2D eigenvalue weighted by molar-refractivity contribution is -0.0440. The highest BCUT2D eigenvalue weighted by atomic mass is 79.9. The highest BCUT2D eigenvalue weighted by molar-refractivity contribution is 9.10. The molecule has 1 saturated heterocycles. The van der Waals surface area contributed by atoms with Gasteiger partial charge in [-0.1, -0.05) is 6.07 Å². The van der Waals surface area contributed by atoms with E-state index >= 15 is 0 Å². The zero-order chi connectivity index (χ0) is 14.9. The van der Waals surface area contributed by atoms with Crippen LogP contribution in [0.15, 0.2) is 27.6 Å². The lowest BCUT2D eigenvalue weighted by atomic mass is 10.2. The van der Waals surface area contributed by atoms with Crippen LogP contribution in [-0.4, -0.2) is 43.1 Å². The van der Waals surface area contributed by atoms with Crippen molar-refractivity contribution in [1.82, 2.24) is 4.31 Å². The van der Waals surface area contributed by atoms with Crippen LogP contribution in [-0.2, 0) is 21.4 Å². The van der Waals surface area contributed by atoms with Crippen molar-refractivity contribution in [2.75, 3.05) is 13.1 Å². The molecule has 1 fully saturated rings. The third-order valence-corrected chi connectivity index (χ3v) is 5.99.